The van der Waals surface area contributed by atoms with Crippen LogP contribution in [-0.2, 0) is 11.2 Å². The van der Waals surface area contributed by atoms with Gasteiger partial charge in [-0.25, -0.2) is 0 Å². The van der Waals surface area contributed by atoms with Crippen LogP contribution in [0.15, 0.2) is 60.7 Å². The lowest BCUT2D eigenvalue weighted by atomic mass is 10.1. The summed E-state index contributed by atoms with van der Waals surface area (Å²) in [6, 6.07) is 17.9. The maximum Gasteiger partial charge on any atom is 0.244 e. The summed E-state index contributed by atoms with van der Waals surface area (Å²) in [5.74, 6) is 0.824. The van der Waals surface area contributed by atoms with Crippen LogP contribution < -0.4 is 10.1 Å². The van der Waals surface area contributed by atoms with Crippen molar-refractivity contribution in [3.05, 3.63) is 71.8 Å². The quantitative estimate of drug-likeness (QED) is 0.554. The van der Waals surface area contributed by atoms with Gasteiger partial charge in [-0.15, -0.1) is 0 Å². The predicted molar refractivity (Wildman–Crippen MR) is 99.0 cm³/mol. The minimum Gasteiger partial charge on any atom is -0.494 e. The van der Waals surface area contributed by atoms with Crippen molar-refractivity contribution in [3.8, 4) is 5.75 Å². The van der Waals surface area contributed by atoms with Gasteiger partial charge in [0, 0.05) is 12.6 Å². The molecule has 0 aromatic heterocycles. The Morgan fingerprint density at radius 3 is 2.75 bits per heavy atom. The fraction of sp³-hybridized carbons (Fsp3) is 0.286. The zero-order valence-electron chi connectivity index (χ0n) is 14.2. The summed E-state index contributed by atoms with van der Waals surface area (Å²) in [4.78, 5) is 11.8. The van der Waals surface area contributed by atoms with Crippen LogP contribution in [0.5, 0.6) is 5.75 Å². The molecule has 3 heteroatoms. The zero-order chi connectivity index (χ0) is 17.0. The van der Waals surface area contributed by atoms with Gasteiger partial charge in [-0.05, 0) is 42.2 Å². The Hall–Kier alpha value is -2.55. The number of hydrogen-bond acceptors (Lipinski definition) is 2. The van der Waals surface area contributed by atoms with Gasteiger partial charge in [-0.2, -0.15) is 0 Å². The second-order valence-corrected chi connectivity index (χ2v) is 5.63. The molecule has 0 heterocycles. The smallest absolute Gasteiger partial charge is 0.244 e. The lowest BCUT2D eigenvalue weighted by molar-refractivity contribution is -0.116. The van der Waals surface area contributed by atoms with Gasteiger partial charge in [-0.3, -0.25) is 4.79 Å². The molecule has 0 saturated heterocycles. The summed E-state index contributed by atoms with van der Waals surface area (Å²) < 4.78 is 5.70. The summed E-state index contributed by atoms with van der Waals surface area (Å²) in [6.45, 7) is 3.51. The minimum absolute atomic E-state index is 0.0748. The molecule has 0 aliphatic heterocycles. The Kier molecular flexibility index (Phi) is 7.61. The van der Waals surface area contributed by atoms with E-state index in [9.17, 15) is 4.79 Å². The van der Waals surface area contributed by atoms with Crippen LogP contribution in [0.1, 0.15) is 30.9 Å². The molecule has 0 aliphatic carbocycles. The van der Waals surface area contributed by atoms with E-state index in [2.05, 4.69) is 18.3 Å². The fourth-order valence-corrected chi connectivity index (χ4v) is 2.25. The molecule has 0 unspecified atom stereocenters. The van der Waals surface area contributed by atoms with Crippen LogP contribution in [0, 0.1) is 0 Å². The number of amides is 1. The Balaban J connectivity index is 1.74. The first-order chi connectivity index (χ1) is 11.8. The van der Waals surface area contributed by atoms with Crippen molar-refractivity contribution in [2.45, 2.75) is 26.2 Å². The monoisotopic (exact) mass is 323 g/mol. The Morgan fingerprint density at radius 2 is 1.96 bits per heavy atom. The summed E-state index contributed by atoms with van der Waals surface area (Å²) in [6.07, 6.45) is 6.36. The molecule has 0 radical (unpaired) electrons. The van der Waals surface area contributed by atoms with E-state index >= 15 is 0 Å². The Morgan fingerprint density at radius 1 is 1.12 bits per heavy atom. The van der Waals surface area contributed by atoms with E-state index < -0.39 is 0 Å². The Labute approximate surface area is 144 Å². The molecule has 1 N–H and O–H groups in total. The van der Waals surface area contributed by atoms with Gasteiger partial charge in [0.05, 0.1) is 6.61 Å². The topological polar surface area (TPSA) is 38.3 Å². The average Bonchev–Trinajstić information content (AvgIpc) is 2.61. The van der Waals surface area contributed by atoms with Gasteiger partial charge in [0.25, 0.3) is 0 Å². The van der Waals surface area contributed by atoms with Crippen LogP contribution in [0.25, 0.3) is 6.08 Å². The van der Waals surface area contributed by atoms with Crippen molar-refractivity contribution in [1.82, 2.24) is 5.32 Å². The van der Waals surface area contributed by atoms with Crippen molar-refractivity contribution < 1.29 is 9.53 Å². The highest BCUT2D eigenvalue weighted by Crippen LogP contribution is 2.14. The zero-order valence-corrected chi connectivity index (χ0v) is 14.2. The third-order valence-electron chi connectivity index (χ3n) is 3.60. The van der Waals surface area contributed by atoms with Gasteiger partial charge in [-0.1, -0.05) is 55.8 Å². The molecule has 3 nitrogen and oxygen atoms in total. The van der Waals surface area contributed by atoms with E-state index in [0.717, 1.165) is 42.7 Å². The molecule has 126 valence electrons. The average molecular weight is 323 g/mol. The fourth-order valence-electron chi connectivity index (χ4n) is 2.25. The lowest BCUT2D eigenvalue weighted by Gasteiger charge is -2.08. The van der Waals surface area contributed by atoms with Crippen LogP contribution in [0.4, 0.5) is 0 Å². The number of carbonyl (C=O) groups excluding carboxylic acids is 1. The van der Waals surface area contributed by atoms with Gasteiger partial charge in [0.1, 0.15) is 5.75 Å². The first kappa shape index (κ1) is 17.8. The third-order valence-corrected chi connectivity index (χ3v) is 3.60. The van der Waals surface area contributed by atoms with E-state index in [0.29, 0.717) is 6.54 Å². The van der Waals surface area contributed by atoms with Crippen molar-refractivity contribution in [2.75, 3.05) is 13.2 Å². The number of rotatable bonds is 9. The maximum atomic E-state index is 11.8. The summed E-state index contributed by atoms with van der Waals surface area (Å²) in [5.41, 5.74) is 2.18. The molecule has 0 saturated carbocycles. The van der Waals surface area contributed by atoms with Crippen molar-refractivity contribution in [2.24, 2.45) is 0 Å². The number of nitrogens with one attached hydrogen (secondary N) is 1. The van der Waals surface area contributed by atoms with Crippen molar-refractivity contribution in [3.63, 3.8) is 0 Å². The second kappa shape index (κ2) is 10.3. The number of ether oxygens (including phenoxy) is 1. The molecule has 0 fully saturated rings. The van der Waals surface area contributed by atoms with Gasteiger partial charge in [0.2, 0.25) is 5.91 Å². The van der Waals surface area contributed by atoms with E-state index in [-0.39, 0.29) is 5.91 Å². The van der Waals surface area contributed by atoms with Gasteiger partial charge >= 0.3 is 0 Å². The Bertz CT molecular complexity index is 650. The SMILES string of the molecule is CCCCOc1cccc(CCNC(=O)C=Cc2ccccc2)c1. The first-order valence-corrected chi connectivity index (χ1v) is 8.50. The molecule has 24 heavy (non-hydrogen) atoms. The molecule has 0 bridgehead atoms. The predicted octanol–water partition coefficient (Wildman–Crippen LogP) is 4.24. The highest BCUT2D eigenvalue weighted by molar-refractivity contribution is 5.91. The largest absolute Gasteiger partial charge is 0.494 e. The molecule has 0 atom stereocenters. The highest BCUT2D eigenvalue weighted by atomic mass is 16.5. The van der Waals surface area contributed by atoms with Crippen LogP contribution in [0.3, 0.4) is 0 Å². The standard InChI is InChI=1S/C21H25NO2/c1-2-3-16-24-20-11-7-10-19(17-20)14-15-22-21(23)13-12-18-8-5-4-6-9-18/h4-13,17H,2-3,14-16H2,1H3,(H,22,23). The van der Waals surface area contributed by atoms with Crippen LogP contribution in [0.2, 0.25) is 0 Å². The van der Waals surface area contributed by atoms with E-state index in [1.54, 1.807) is 6.08 Å². The minimum atomic E-state index is -0.0748. The molecule has 0 aliphatic rings. The second-order valence-electron chi connectivity index (χ2n) is 5.63. The summed E-state index contributed by atoms with van der Waals surface area (Å²) in [7, 11) is 0. The number of hydrogen-bond donors (Lipinski definition) is 1. The number of benzene rings is 2. The lowest BCUT2D eigenvalue weighted by Crippen LogP contribution is -2.23. The highest BCUT2D eigenvalue weighted by Gasteiger charge is 1.99. The van der Waals surface area contributed by atoms with E-state index in [4.69, 9.17) is 4.74 Å². The first-order valence-electron chi connectivity index (χ1n) is 8.50. The number of unbranched alkanes of at least 4 members (excludes halogenated alkanes) is 1. The summed E-state index contributed by atoms with van der Waals surface area (Å²) in [5, 5.41) is 2.91. The summed E-state index contributed by atoms with van der Waals surface area (Å²) >= 11 is 0. The molecular formula is C21H25NO2. The maximum absolute atomic E-state index is 11.8. The van der Waals surface area contributed by atoms with Crippen molar-refractivity contribution >= 4 is 12.0 Å². The van der Waals surface area contributed by atoms with Gasteiger partial charge < -0.3 is 10.1 Å². The van der Waals surface area contributed by atoms with Crippen molar-refractivity contribution in [1.29, 1.82) is 0 Å². The van der Waals surface area contributed by atoms with Crippen LogP contribution >= 0.6 is 0 Å². The number of carbonyl (C=O) groups is 1. The molecule has 2 aromatic rings. The normalized spacial score (nSPS) is 10.7. The molecule has 0 spiro atoms. The van der Waals surface area contributed by atoms with Crippen LogP contribution in [-0.4, -0.2) is 19.1 Å². The van der Waals surface area contributed by atoms with E-state index in [1.807, 2.05) is 54.6 Å². The van der Waals surface area contributed by atoms with Gasteiger partial charge in [0.15, 0.2) is 0 Å². The molecule has 1 amide bonds. The molecule has 2 aromatic carbocycles. The molecule has 2 rings (SSSR count). The van der Waals surface area contributed by atoms with E-state index in [1.165, 1.54) is 0 Å². The molecular weight excluding hydrogens is 298 g/mol. The third kappa shape index (κ3) is 6.69.